The molecule has 0 heterocycles. The molecular weight excluding hydrogens is 384 g/mol. The van der Waals surface area contributed by atoms with E-state index in [1.54, 1.807) is 48.5 Å². The number of carbonyl (C=O) groups excluding carboxylic acids is 1. The summed E-state index contributed by atoms with van der Waals surface area (Å²) < 4.78 is 25.7. The van der Waals surface area contributed by atoms with E-state index in [9.17, 15) is 13.2 Å². The van der Waals surface area contributed by atoms with Crippen LogP contribution in [0.3, 0.4) is 0 Å². The fourth-order valence-electron chi connectivity index (χ4n) is 6.18. The third kappa shape index (κ3) is 3.33. The second-order valence-corrected chi connectivity index (χ2v) is 11.2. The van der Waals surface area contributed by atoms with E-state index in [0.717, 1.165) is 25.2 Å². The standard InChI is InChI=1S/C23H26N2O3S/c26-21(25-23-14-17-6-5-11-22(13-17,15-23)16-23)24-18-7-4-10-20(12-18)29(27,28)19-8-2-1-3-9-19/h1-4,7-10,12,17H,5-6,11,13-16H2,(H2,24,25,26). The predicted octanol–water partition coefficient (Wildman–Crippen LogP) is 4.75. The van der Waals surface area contributed by atoms with Gasteiger partial charge in [0.2, 0.25) is 9.84 Å². The lowest BCUT2D eigenvalue weighted by Gasteiger charge is -2.65. The number of amides is 2. The van der Waals surface area contributed by atoms with E-state index in [0.29, 0.717) is 11.1 Å². The van der Waals surface area contributed by atoms with E-state index in [1.807, 2.05) is 0 Å². The fourth-order valence-corrected chi connectivity index (χ4v) is 7.51. The predicted molar refractivity (Wildman–Crippen MR) is 111 cm³/mol. The lowest BCUT2D eigenvalue weighted by Crippen LogP contribution is -2.67. The van der Waals surface area contributed by atoms with Gasteiger partial charge < -0.3 is 10.6 Å². The van der Waals surface area contributed by atoms with Crippen LogP contribution in [0.4, 0.5) is 10.5 Å². The number of urea groups is 1. The van der Waals surface area contributed by atoms with Crippen molar-refractivity contribution in [1.29, 1.82) is 0 Å². The van der Waals surface area contributed by atoms with Crippen LogP contribution in [0.15, 0.2) is 64.4 Å². The number of anilines is 1. The molecule has 3 bridgehead atoms. The molecule has 1 spiro atoms. The molecule has 1 atom stereocenters. The molecule has 2 aromatic carbocycles. The Morgan fingerprint density at radius 3 is 2.48 bits per heavy atom. The van der Waals surface area contributed by atoms with Gasteiger partial charge in [-0.15, -0.1) is 0 Å². The number of rotatable bonds is 4. The second kappa shape index (κ2) is 6.59. The topological polar surface area (TPSA) is 75.3 Å². The van der Waals surface area contributed by atoms with Crippen molar-refractivity contribution < 1.29 is 13.2 Å². The third-order valence-electron chi connectivity index (χ3n) is 6.98. The number of hydrogen-bond donors (Lipinski definition) is 2. The molecule has 6 heteroatoms. The molecular formula is C23H26N2O3S. The highest BCUT2D eigenvalue weighted by Crippen LogP contribution is 2.65. The van der Waals surface area contributed by atoms with Gasteiger partial charge in [0.05, 0.1) is 9.79 Å². The zero-order valence-electron chi connectivity index (χ0n) is 16.4. The minimum Gasteiger partial charge on any atom is -0.332 e. The summed E-state index contributed by atoms with van der Waals surface area (Å²) in [6, 6.07) is 14.6. The summed E-state index contributed by atoms with van der Waals surface area (Å²) in [4.78, 5) is 13.1. The highest BCUT2D eigenvalue weighted by Gasteiger charge is 2.61. The van der Waals surface area contributed by atoms with Crippen LogP contribution >= 0.6 is 0 Å². The molecule has 4 aliphatic carbocycles. The lowest BCUT2D eigenvalue weighted by atomic mass is 9.43. The molecule has 4 aliphatic rings. The molecule has 4 saturated carbocycles. The van der Waals surface area contributed by atoms with Gasteiger partial charge in [0.15, 0.2) is 0 Å². The molecule has 6 rings (SSSR count). The Morgan fingerprint density at radius 1 is 0.966 bits per heavy atom. The van der Waals surface area contributed by atoms with Crippen LogP contribution in [0, 0.1) is 11.3 Å². The molecule has 152 valence electrons. The SMILES string of the molecule is O=C(Nc1cccc(S(=O)(=O)c2ccccc2)c1)NC12CC3CCCC(C3)(C1)C2. The normalized spacial score (nSPS) is 30.1. The van der Waals surface area contributed by atoms with Crippen LogP contribution in [-0.4, -0.2) is 20.0 Å². The molecule has 0 saturated heterocycles. The highest BCUT2D eigenvalue weighted by atomic mass is 32.2. The van der Waals surface area contributed by atoms with Crippen molar-refractivity contribution in [1.82, 2.24) is 5.32 Å². The van der Waals surface area contributed by atoms with E-state index < -0.39 is 9.84 Å². The van der Waals surface area contributed by atoms with Gasteiger partial charge in [-0.3, -0.25) is 0 Å². The first-order valence-electron chi connectivity index (χ1n) is 10.4. The fraction of sp³-hybridized carbons (Fsp3) is 0.435. The molecule has 1 unspecified atom stereocenters. The number of carbonyl (C=O) groups is 1. The summed E-state index contributed by atoms with van der Waals surface area (Å²) in [6.45, 7) is 0. The molecule has 2 aromatic rings. The van der Waals surface area contributed by atoms with Crippen LogP contribution in [0.2, 0.25) is 0 Å². The van der Waals surface area contributed by atoms with E-state index >= 15 is 0 Å². The van der Waals surface area contributed by atoms with E-state index in [1.165, 1.54) is 31.7 Å². The van der Waals surface area contributed by atoms with Crippen molar-refractivity contribution in [2.24, 2.45) is 11.3 Å². The Labute approximate surface area is 171 Å². The summed E-state index contributed by atoms with van der Waals surface area (Å²) in [5.41, 5.74) is 0.889. The molecule has 2 amide bonds. The third-order valence-corrected chi connectivity index (χ3v) is 8.75. The number of benzene rings is 2. The summed E-state index contributed by atoms with van der Waals surface area (Å²) in [5.74, 6) is 0.742. The number of nitrogens with one attached hydrogen (secondary N) is 2. The number of hydrogen-bond acceptors (Lipinski definition) is 3. The zero-order valence-corrected chi connectivity index (χ0v) is 17.2. The molecule has 5 nitrogen and oxygen atoms in total. The Kier molecular flexibility index (Phi) is 4.24. The Hall–Kier alpha value is -2.34. The van der Waals surface area contributed by atoms with Crippen LogP contribution in [0.1, 0.15) is 44.9 Å². The van der Waals surface area contributed by atoms with Gasteiger partial charge in [-0.2, -0.15) is 0 Å². The Balaban J connectivity index is 1.29. The lowest BCUT2D eigenvalue weighted by molar-refractivity contribution is -0.102. The van der Waals surface area contributed by atoms with Gasteiger partial charge in [-0.1, -0.05) is 37.1 Å². The van der Waals surface area contributed by atoms with E-state index in [-0.39, 0.29) is 21.4 Å². The van der Waals surface area contributed by atoms with Gasteiger partial charge >= 0.3 is 6.03 Å². The molecule has 2 N–H and O–H groups in total. The van der Waals surface area contributed by atoms with Crippen LogP contribution < -0.4 is 10.6 Å². The van der Waals surface area contributed by atoms with Crippen molar-refractivity contribution >= 4 is 21.6 Å². The van der Waals surface area contributed by atoms with E-state index in [4.69, 9.17) is 0 Å². The largest absolute Gasteiger partial charge is 0.332 e. The first-order chi connectivity index (χ1) is 13.9. The molecule has 4 fully saturated rings. The summed E-state index contributed by atoms with van der Waals surface area (Å²) in [5, 5.41) is 6.08. The van der Waals surface area contributed by atoms with E-state index in [2.05, 4.69) is 10.6 Å². The summed E-state index contributed by atoms with van der Waals surface area (Å²) in [6.07, 6.45) is 8.50. The van der Waals surface area contributed by atoms with Crippen molar-refractivity contribution in [3.8, 4) is 0 Å². The second-order valence-electron chi connectivity index (χ2n) is 9.22. The van der Waals surface area contributed by atoms with Gasteiger partial charge in [0, 0.05) is 11.2 Å². The quantitative estimate of drug-likeness (QED) is 0.763. The van der Waals surface area contributed by atoms with Gasteiger partial charge in [0.1, 0.15) is 0 Å². The minimum absolute atomic E-state index is 0.0683. The van der Waals surface area contributed by atoms with Crippen LogP contribution in [0.5, 0.6) is 0 Å². The Bertz CT molecular complexity index is 1040. The Morgan fingerprint density at radius 2 is 1.72 bits per heavy atom. The maximum atomic E-state index is 12.8. The molecule has 0 aromatic heterocycles. The summed E-state index contributed by atoms with van der Waals surface area (Å²) >= 11 is 0. The average molecular weight is 411 g/mol. The van der Waals surface area contributed by atoms with Crippen molar-refractivity contribution in [3.63, 3.8) is 0 Å². The van der Waals surface area contributed by atoms with Gasteiger partial charge in [-0.05, 0) is 73.8 Å². The maximum absolute atomic E-state index is 12.8. The zero-order chi connectivity index (χ0) is 20.1. The van der Waals surface area contributed by atoms with Gasteiger partial charge in [-0.25, -0.2) is 13.2 Å². The van der Waals surface area contributed by atoms with Crippen LogP contribution in [0.25, 0.3) is 0 Å². The molecule has 29 heavy (non-hydrogen) atoms. The molecule has 0 radical (unpaired) electrons. The summed E-state index contributed by atoms with van der Waals surface area (Å²) in [7, 11) is -3.61. The first-order valence-corrected chi connectivity index (χ1v) is 11.9. The highest BCUT2D eigenvalue weighted by molar-refractivity contribution is 7.91. The van der Waals surface area contributed by atoms with Crippen LogP contribution in [-0.2, 0) is 9.84 Å². The average Bonchev–Trinajstić information content (AvgIpc) is 2.67. The maximum Gasteiger partial charge on any atom is 0.319 e. The smallest absolute Gasteiger partial charge is 0.319 e. The minimum atomic E-state index is -3.61. The van der Waals surface area contributed by atoms with Crippen molar-refractivity contribution in [3.05, 3.63) is 54.6 Å². The van der Waals surface area contributed by atoms with Crippen molar-refractivity contribution in [2.45, 2.75) is 60.3 Å². The van der Waals surface area contributed by atoms with Gasteiger partial charge in [0.25, 0.3) is 0 Å². The number of sulfone groups is 1. The van der Waals surface area contributed by atoms with Crippen molar-refractivity contribution in [2.75, 3.05) is 5.32 Å². The monoisotopic (exact) mass is 410 g/mol. The first kappa shape index (κ1) is 18.7. The molecule has 0 aliphatic heterocycles.